The fraction of sp³-hybridized carbons (Fsp3) is 0.421. The van der Waals surface area contributed by atoms with E-state index in [0.717, 1.165) is 19.3 Å². The van der Waals surface area contributed by atoms with Crippen molar-refractivity contribution >= 4 is 11.9 Å². The van der Waals surface area contributed by atoms with E-state index < -0.39 is 5.97 Å². The second-order valence-corrected chi connectivity index (χ2v) is 6.42. The number of carbonyl (C=O) groups is 2. The maximum absolute atomic E-state index is 12.5. The lowest BCUT2D eigenvalue weighted by atomic mass is 10.0. The van der Waals surface area contributed by atoms with Gasteiger partial charge in [-0.25, -0.2) is 4.79 Å². The van der Waals surface area contributed by atoms with Crippen LogP contribution >= 0.6 is 0 Å². The van der Waals surface area contributed by atoms with Gasteiger partial charge in [0.05, 0.1) is 0 Å². The largest absolute Gasteiger partial charge is 0.452 e. The fourth-order valence-corrected chi connectivity index (χ4v) is 3.28. The van der Waals surface area contributed by atoms with Gasteiger partial charge in [-0.3, -0.25) is 9.36 Å². The number of piperidine rings is 1. The summed E-state index contributed by atoms with van der Waals surface area (Å²) in [6, 6.07) is 5.73. The van der Waals surface area contributed by atoms with Crippen LogP contribution in [0.3, 0.4) is 0 Å². The lowest BCUT2D eigenvalue weighted by Gasteiger charge is -2.33. The van der Waals surface area contributed by atoms with Crippen LogP contribution in [0, 0.1) is 18.3 Å². The van der Waals surface area contributed by atoms with Gasteiger partial charge in [-0.15, -0.1) is 0 Å². The highest BCUT2D eigenvalue weighted by atomic mass is 16.5. The van der Waals surface area contributed by atoms with Crippen LogP contribution in [0.15, 0.2) is 28.9 Å². The summed E-state index contributed by atoms with van der Waals surface area (Å²) in [6.45, 7) is 3.94. The lowest BCUT2D eigenvalue weighted by Crippen LogP contribution is -2.44. The molecule has 1 atom stereocenters. The van der Waals surface area contributed by atoms with Crippen molar-refractivity contribution < 1.29 is 18.7 Å². The van der Waals surface area contributed by atoms with Crippen LogP contribution in [0.5, 0.6) is 0 Å². The Labute approximate surface area is 151 Å². The quantitative estimate of drug-likeness (QED) is 0.787. The number of aromatic nitrogens is 1. The number of aryl methyl sites for hydroxylation is 1. The molecule has 1 saturated heterocycles. The van der Waals surface area contributed by atoms with Crippen molar-refractivity contribution in [3.8, 4) is 12.0 Å². The fourth-order valence-electron chi connectivity index (χ4n) is 3.28. The molecule has 136 valence electrons. The minimum atomic E-state index is -0.723. The van der Waals surface area contributed by atoms with Crippen LogP contribution in [0.2, 0.25) is 0 Å². The molecule has 1 amide bonds. The number of hydrogen-bond acceptors (Lipinski definition) is 5. The Hall–Kier alpha value is -3.01. The second-order valence-electron chi connectivity index (χ2n) is 6.42. The van der Waals surface area contributed by atoms with Crippen LogP contribution < -0.4 is 0 Å². The molecule has 0 bridgehead atoms. The highest BCUT2D eigenvalue weighted by Crippen LogP contribution is 2.26. The topological polar surface area (TPSA) is 88.5 Å². The van der Waals surface area contributed by atoms with Crippen LogP contribution in [0.4, 0.5) is 0 Å². The number of likely N-dealkylation sites (tertiary alicyclic amines) is 1. The maximum atomic E-state index is 12.5. The molecule has 0 aliphatic carbocycles. The van der Waals surface area contributed by atoms with Crippen molar-refractivity contribution in [2.24, 2.45) is 0 Å². The van der Waals surface area contributed by atoms with Gasteiger partial charge in [0.2, 0.25) is 5.88 Å². The first-order chi connectivity index (χ1) is 12.5. The van der Waals surface area contributed by atoms with Gasteiger partial charge in [0.25, 0.3) is 5.91 Å². The molecule has 0 radical (unpaired) electrons. The molecule has 3 heterocycles. The Morgan fingerprint density at radius 2 is 2.08 bits per heavy atom. The molecule has 7 heteroatoms. The number of rotatable bonds is 4. The van der Waals surface area contributed by atoms with Crippen LogP contribution in [0.25, 0.3) is 5.88 Å². The Morgan fingerprint density at radius 1 is 1.35 bits per heavy atom. The molecule has 0 unspecified atom stereocenters. The molecule has 1 fully saturated rings. The number of hydrogen-bond donors (Lipinski definition) is 0. The zero-order valence-electron chi connectivity index (χ0n) is 14.9. The molecule has 1 aliphatic heterocycles. The average Bonchev–Trinajstić information content (AvgIpc) is 3.27. The van der Waals surface area contributed by atoms with Crippen molar-refractivity contribution in [1.82, 2.24) is 9.47 Å². The third-order valence-corrected chi connectivity index (χ3v) is 4.67. The number of ether oxygens (including phenoxy) is 1. The molecule has 2 aromatic heterocycles. The minimum Gasteiger partial charge on any atom is -0.452 e. The van der Waals surface area contributed by atoms with Crippen molar-refractivity contribution in [2.75, 3.05) is 13.2 Å². The molecule has 7 nitrogen and oxygen atoms in total. The summed E-state index contributed by atoms with van der Waals surface area (Å²) < 4.78 is 12.4. The van der Waals surface area contributed by atoms with Gasteiger partial charge >= 0.3 is 5.97 Å². The lowest BCUT2D eigenvalue weighted by molar-refractivity contribution is -0.137. The molecule has 3 rings (SSSR count). The first-order valence-corrected chi connectivity index (χ1v) is 8.66. The SMILES string of the molecule is Cc1oc(-n2cccc2)c(C#N)c1C(=O)OCC(=O)N1CCCC[C@H]1C. The predicted octanol–water partition coefficient (Wildman–Crippen LogP) is 2.81. The standard InChI is InChI=1S/C19H21N3O4/c1-13-7-3-4-10-22(13)16(23)12-25-19(24)17-14(2)26-18(15(17)11-20)21-8-5-6-9-21/h5-6,8-9,13H,3-4,7,10,12H2,1-2H3/t13-/m1/s1. The van der Waals surface area contributed by atoms with Gasteiger partial charge in [0.15, 0.2) is 6.61 Å². The van der Waals surface area contributed by atoms with Gasteiger partial charge in [0, 0.05) is 25.0 Å². The van der Waals surface area contributed by atoms with Crippen molar-refractivity contribution in [2.45, 2.75) is 39.2 Å². The monoisotopic (exact) mass is 355 g/mol. The molecule has 2 aromatic rings. The normalized spacial score (nSPS) is 17.0. The van der Waals surface area contributed by atoms with E-state index in [-0.39, 0.29) is 41.3 Å². The zero-order valence-corrected chi connectivity index (χ0v) is 14.9. The number of furan rings is 1. The predicted molar refractivity (Wildman–Crippen MR) is 92.8 cm³/mol. The summed E-state index contributed by atoms with van der Waals surface area (Å²) in [5, 5.41) is 9.47. The summed E-state index contributed by atoms with van der Waals surface area (Å²) >= 11 is 0. The maximum Gasteiger partial charge on any atom is 0.343 e. The van der Waals surface area contributed by atoms with Crippen LogP contribution in [-0.4, -0.2) is 40.5 Å². The third kappa shape index (κ3) is 3.36. The second kappa shape index (κ2) is 7.48. The number of nitriles is 1. The van der Waals surface area contributed by atoms with Gasteiger partial charge in [0.1, 0.15) is 23.0 Å². The molecule has 0 saturated carbocycles. The molecule has 1 aliphatic rings. The van der Waals surface area contributed by atoms with Gasteiger partial charge in [-0.05, 0) is 45.2 Å². The van der Waals surface area contributed by atoms with Crippen molar-refractivity contribution in [3.05, 3.63) is 41.4 Å². The molecular weight excluding hydrogens is 334 g/mol. The first kappa shape index (κ1) is 17.8. The number of amides is 1. The van der Waals surface area contributed by atoms with Gasteiger partial charge < -0.3 is 14.1 Å². The average molecular weight is 355 g/mol. The molecular formula is C19H21N3O4. The van der Waals surface area contributed by atoms with E-state index in [2.05, 4.69) is 0 Å². The zero-order chi connectivity index (χ0) is 18.7. The third-order valence-electron chi connectivity index (χ3n) is 4.67. The van der Waals surface area contributed by atoms with E-state index >= 15 is 0 Å². The Kier molecular flexibility index (Phi) is 5.12. The smallest absolute Gasteiger partial charge is 0.343 e. The Balaban J connectivity index is 1.74. The summed E-state index contributed by atoms with van der Waals surface area (Å²) in [5.41, 5.74) is 0.165. The summed E-state index contributed by atoms with van der Waals surface area (Å²) in [6.07, 6.45) is 6.46. The van der Waals surface area contributed by atoms with E-state index in [0.29, 0.717) is 6.54 Å². The summed E-state index contributed by atoms with van der Waals surface area (Å²) in [7, 11) is 0. The highest BCUT2D eigenvalue weighted by Gasteiger charge is 2.28. The van der Waals surface area contributed by atoms with Crippen molar-refractivity contribution in [3.63, 3.8) is 0 Å². The first-order valence-electron chi connectivity index (χ1n) is 8.66. The number of nitrogens with zero attached hydrogens (tertiary/aromatic N) is 3. The molecule has 0 spiro atoms. The molecule has 26 heavy (non-hydrogen) atoms. The number of esters is 1. The highest BCUT2D eigenvalue weighted by molar-refractivity contribution is 5.95. The van der Waals surface area contributed by atoms with E-state index in [1.165, 1.54) is 0 Å². The van der Waals surface area contributed by atoms with Gasteiger partial charge in [-0.2, -0.15) is 5.26 Å². The Bertz CT molecular complexity index is 845. The van der Waals surface area contributed by atoms with Crippen molar-refractivity contribution in [1.29, 1.82) is 5.26 Å². The van der Waals surface area contributed by atoms with E-state index in [4.69, 9.17) is 9.15 Å². The minimum absolute atomic E-state index is 0.0655. The summed E-state index contributed by atoms with van der Waals surface area (Å²) in [5.74, 6) is -0.387. The van der Waals surface area contributed by atoms with E-state index in [9.17, 15) is 14.9 Å². The molecule has 0 N–H and O–H groups in total. The van der Waals surface area contributed by atoms with Crippen LogP contribution in [-0.2, 0) is 9.53 Å². The van der Waals surface area contributed by atoms with Crippen LogP contribution in [0.1, 0.15) is 47.9 Å². The van der Waals surface area contributed by atoms with Gasteiger partial charge in [-0.1, -0.05) is 0 Å². The Morgan fingerprint density at radius 3 is 2.73 bits per heavy atom. The summed E-state index contributed by atoms with van der Waals surface area (Å²) in [4.78, 5) is 26.6. The van der Waals surface area contributed by atoms with E-state index in [1.807, 2.05) is 13.0 Å². The number of carbonyl (C=O) groups excluding carboxylic acids is 2. The molecule has 0 aromatic carbocycles. The van der Waals surface area contributed by atoms with E-state index in [1.54, 1.807) is 40.9 Å².